The van der Waals surface area contributed by atoms with Crippen LogP contribution in [-0.4, -0.2) is 17.9 Å². The zero-order chi connectivity index (χ0) is 28.7. The third-order valence-corrected chi connectivity index (χ3v) is 7.82. The number of hydrogen-bond donors (Lipinski definition) is 0. The van der Waals surface area contributed by atoms with Gasteiger partial charge in [-0.2, -0.15) is 0 Å². The van der Waals surface area contributed by atoms with Crippen molar-refractivity contribution in [2.45, 2.75) is 33.0 Å². The lowest BCUT2D eigenvalue weighted by Gasteiger charge is -2.26. The lowest BCUT2D eigenvalue weighted by molar-refractivity contribution is 0.0714. The van der Waals surface area contributed by atoms with Gasteiger partial charge < -0.3 is 18.8 Å². The Bertz CT molecular complexity index is 1850. The summed E-state index contributed by atoms with van der Waals surface area (Å²) in [4.78, 5) is 29.7. The van der Waals surface area contributed by atoms with Crippen LogP contribution in [0.4, 0.5) is 0 Å². The first-order valence-corrected chi connectivity index (χ1v) is 13.7. The number of fused-ring (bicyclic) bond motifs is 2. The molecule has 0 aliphatic carbocycles. The highest BCUT2D eigenvalue weighted by Crippen LogP contribution is 2.42. The van der Waals surface area contributed by atoms with Crippen molar-refractivity contribution in [2.24, 2.45) is 0 Å². The number of methoxy groups -OCH3 is 1. The minimum atomic E-state index is -0.716. The van der Waals surface area contributed by atoms with Gasteiger partial charge in [0.2, 0.25) is 5.76 Å². The van der Waals surface area contributed by atoms with E-state index in [2.05, 4.69) is 0 Å². The average molecular weight is 566 g/mol. The van der Waals surface area contributed by atoms with Crippen LogP contribution in [0.1, 0.15) is 50.0 Å². The topological polar surface area (TPSA) is 69.0 Å². The van der Waals surface area contributed by atoms with Gasteiger partial charge in [0.1, 0.15) is 12.2 Å². The van der Waals surface area contributed by atoms with Crippen molar-refractivity contribution >= 4 is 28.5 Å². The van der Waals surface area contributed by atoms with Crippen molar-refractivity contribution < 1.29 is 18.7 Å². The summed E-state index contributed by atoms with van der Waals surface area (Å²) in [5.41, 5.74) is 4.72. The molecule has 7 heteroatoms. The number of ether oxygens (including phenoxy) is 2. The van der Waals surface area contributed by atoms with Gasteiger partial charge in [-0.1, -0.05) is 72.3 Å². The number of rotatable bonds is 7. The smallest absolute Gasteiger partial charge is 0.291 e. The Morgan fingerprint density at radius 3 is 2.41 bits per heavy atom. The van der Waals surface area contributed by atoms with E-state index in [1.54, 1.807) is 24.1 Å². The summed E-state index contributed by atoms with van der Waals surface area (Å²) in [5.74, 6) is 0.729. The fourth-order valence-corrected chi connectivity index (χ4v) is 5.74. The first-order chi connectivity index (χ1) is 19.9. The van der Waals surface area contributed by atoms with E-state index in [-0.39, 0.29) is 23.6 Å². The van der Waals surface area contributed by atoms with Gasteiger partial charge in [-0.15, -0.1) is 0 Å². The lowest BCUT2D eigenvalue weighted by atomic mass is 9.96. The first kappa shape index (κ1) is 26.7. The summed E-state index contributed by atoms with van der Waals surface area (Å²) >= 11 is 6.50. The molecule has 0 N–H and O–H groups in total. The van der Waals surface area contributed by atoms with E-state index >= 15 is 0 Å². The number of benzene rings is 4. The van der Waals surface area contributed by atoms with Gasteiger partial charge in [-0.25, -0.2) is 0 Å². The molecular weight excluding hydrogens is 538 g/mol. The van der Waals surface area contributed by atoms with Crippen molar-refractivity contribution in [1.82, 2.24) is 4.90 Å². The Hall–Kier alpha value is -4.55. The van der Waals surface area contributed by atoms with E-state index in [4.69, 9.17) is 25.5 Å². The molecule has 5 aromatic rings. The van der Waals surface area contributed by atoms with Crippen LogP contribution in [0.2, 0.25) is 5.02 Å². The molecule has 0 radical (unpaired) electrons. The van der Waals surface area contributed by atoms with Gasteiger partial charge in [0.05, 0.1) is 24.1 Å². The monoisotopic (exact) mass is 565 g/mol. The molecule has 206 valence electrons. The Morgan fingerprint density at radius 1 is 0.902 bits per heavy atom. The molecule has 1 unspecified atom stereocenters. The number of carbonyl (C=O) groups is 1. The summed E-state index contributed by atoms with van der Waals surface area (Å²) in [6.07, 6.45) is 0. The Labute approximate surface area is 242 Å². The number of aryl methyl sites for hydroxylation is 2. The van der Waals surface area contributed by atoms with Crippen LogP contribution in [0.25, 0.3) is 11.0 Å². The zero-order valence-corrected chi connectivity index (χ0v) is 23.7. The van der Waals surface area contributed by atoms with E-state index in [1.165, 1.54) is 0 Å². The maximum atomic E-state index is 14.1. The van der Waals surface area contributed by atoms with Crippen molar-refractivity contribution in [3.05, 3.63) is 139 Å². The second kappa shape index (κ2) is 10.8. The number of halogens is 1. The highest BCUT2D eigenvalue weighted by atomic mass is 35.5. The second-order valence-corrected chi connectivity index (χ2v) is 10.6. The summed E-state index contributed by atoms with van der Waals surface area (Å²) in [6.45, 7) is 4.37. The molecule has 1 aliphatic rings. The van der Waals surface area contributed by atoms with Crippen molar-refractivity contribution in [3.63, 3.8) is 0 Å². The molecule has 1 amide bonds. The summed E-state index contributed by atoms with van der Waals surface area (Å²) < 4.78 is 18.0. The third kappa shape index (κ3) is 4.85. The predicted octanol–water partition coefficient (Wildman–Crippen LogP) is 7.40. The minimum Gasteiger partial charge on any atom is -0.493 e. The molecule has 1 aromatic heterocycles. The molecule has 0 saturated carbocycles. The van der Waals surface area contributed by atoms with Crippen LogP contribution in [-0.2, 0) is 13.2 Å². The molecule has 1 aliphatic heterocycles. The van der Waals surface area contributed by atoms with Crippen molar-refractivity contribution in [2.75, 3.05) is 7.11 Å². The molecule has 6 nitrogen and oxygen atoms in total. The van der Waals surface area contributed by atoms with E-state index in [0.29, 0.717) is 45.2 Å². The van der Waals surface area contributed by atoms with E-state index < -0.39 is 6.04 Å². The van der Waals surface area contributed by atoms with Crippen LogP contribution in [0.15, 0.2) is 94.1 Å². The Kier molecular flexibility index (Phi) is 7.01. The number of amides is 1. The first-order valence-electron chi connectivity index (χ1n) is 13.3. The highest BCUT2D eigenvalue weighted by molar-refractivity contribution is 6.31. The van der Waals surface area contributed by atoms with E-state index in [1.807, 2.05) is 86.6 Å². The molecule has 0 spiro atoms. The van der Waals surface area contributed by atoms with E-state index in [9.17, 15) is 9.59 Å². The summed E-state index contributed by atoms with van der Waals surface area (Å²) in [7, 11) is 1.57. The summed E-state index contributed by atoms with van der Waals surface area (Å²) in [6, 6.07) is 25.7. The van der Waals surface area contributed by atoms with Crippen LogP contribution in [0.5, 0.6) is 11.5 Å². The maximum absolute atomic E-state index is 14.1. The predicted molar refractivity (Wildman–Crippen MR) is 159 cm³/mol. The maximum Gasteiger partial charge on any atom is 0.291 e. The average Bonchev–Trinajstić information content (AvgIpc) is 3.24. The van der Waals surface area contributed by atoms with Crippen LogP contribution >= 0.6 is 11.6 Å². The van der Waals surface area contributed by atoms with Crippen LogP contribution in [0.3, 0.4) is 0 Å². The molecule has 0 saturated heterocycles. The zero-order valence-electron chi connectivity index (χ0n) is 22.9. The number of nitrogens with zero attached hydrogens (tertiary/aromatic N) is 1. The van der Waals surface area contributed by atoms with Crippen molar-refractivity contribution in [1.29, 1.82) is 0 Å². The Balaban J connectivity index is 1.48. The third-order valence-electron chi connectivity index (χ3n) is 7.45. The van der Waals surface area contributed by atoms with Gasteiger partial charge in [0.15, 0.2) is 16.9 Å². The molecule has 2 heterocycles. The fourth-order valence-electron chi connectivity index (χ4n) is 5.54. The van der Waals surface area contributed by atoms with Gasteiger partial charge in [0.25, 0.3) is 5.91 Å². The largest absolute Gasteiger partial charge is 0.493 e. The molecule has 0 bridgehead atoms. The standard InChI is InChI=1S/C34H28ClNO5/c1-20-15-21(2)29-28(16-20)41-33-30(32(29)37)31(36(34(33)38)18-24-11-7-8-12-25(24)35)23-13-14-26(27(17-23)39-3)40-19-22-9-5-4-6-10-22/h4-17,31H,18-19H2,1-3H3. The molecule has 41 heavy (non-hydrogen) atoms. The number of hydrogen-bond acceptors (Lipinski definition) is 5. The lowest BCUT2D eigenvalue weighted by Crippen LogP contribution is -2.29. The van der Waals surface area contributed by atoms with Gasteiger partial charge in [-0.3, -0.25) is 9.59 Å². The second-order valence-electron chi connectivity index (χ2n) is 10.2. The normalized spacial score (nSPS) is 14.4. The van der Waals surface area contributed by atoms with Crippen LogP contribution in [0, 0.1) is 13.8 Å². The van der Waals surface area contributed by atoms with Gasteiger partial charge >= 0.3 is 0 Å². The molecule has 0 fully saturated rings. The van der Waals surface area contributed by atoms with Gasteiger partial charge in [-0.05, 0) is 65.9 Å². The SMILES string of the molecule is COc1cc(C2c3c(oc4cc(C)cc(C)c4c3=O)C(=O)N2Cc2ccccc2Cl)ccc1OCc1ccccc1. The summed E-state index contributed by atoms with van der Waals surface area (Å²) in [5, 5.41) is 1.01. The van der Waals surface area contributed by atoms with E-state index in [0.717, 1.165) is 22.3 Å². The fraction of sp³-hybridized carbons (Fsp3) is 0.176. The molecular formula is C34H28ClNO5. The Morgan fingerprint density at radius 2 is 1.66 bits per heavy atom. The highest BCUT2D eigenvalue weighted by Gasteiger charge is 2.43. The van der Waals surface area contributed by atoms with Gasteiger partial charge in [0, 0.05) is 11.6 Å². The quantitative estimate of drug-likeness (QED) is 0.206. The van der Waals surface area contributed by atoms with Crippen LogP contribution < -0.4 is 14.9 Å². The number of carbonyl (C=O) groups excluding carboxylic acids is 1. The molecule has 6 rings (SSSR count). The van der Waals surface area contributed by atoms with Crippen molar-refractivity contribution in [3.8, 4) is 11.5 Å². The molecule has 4 aromatic carbocycles. The molecule has 1 atom stereocenters. The minimum absolute atomic E-state index is 0.0490.